The van der Waals surface area contributed by atoms with E-state index in [9.17, 15) is 4.79 Å². The van der Waals surface area contributed by atoms with Crippen molar-refractivity contribution >= 4 is 38.6 Å². The molecule has 0 fully saturated rings. The van der Waals surface area contributed by atoms with Crippen LogP contribution in [0.25, 0.3) is 21.3 Å². The molecule has 1 N–H and O–H groups in total. The van der Waals surface area contributed by atoms with Crippen LogP contribution >= 0.6 is 11.3 Å². The van der Waals surface area contributed by atoms with Crippen LogP contribution in [0.3, 0.4) is 0 Å². The van der Waals surface area contributed by atoms with Gasteiger partial charge < -0.3 is 9.72 Å². The molecule has 0 radical (unpaired) electrons. The molecule has 3 aromatic rings. The molecular formula is C10H9N3O2S. The van der Waals surface area contributed by atoms with Gasteiger partial charge in [0.1, 0.15) is 9.71 Å². The molecule has 6 heteroatoms. The molecule has 0 saturated heterocycles. The molecule has 0 amide bonds. The van der Waals surface area contributed by atoms with E-state index in [1.54, 1.807) is 4.68 Å². The summed E-state index contributed by atoms with van der Waals surface area (Å²) in [6, 6.07) is 1.84. The zero-order valence-corrected chi connectivity index (χ0v) is 9.59. The first-order valence-corrected chi connectivity index (χ1v) is 5.54. The lowest BCUT2D eigenvalue weighted by Gasteiger charge is -1.90. The highest BCUT2D eigenvalue weighted by atomic mass is 32.1. The molecule has 0 unspecified atom stereocenters. The largest absolute Gasteiger partial charge is 0.465 e. The van der Waals surface area contributed by atoms with Crippen molar-refractivity contribution in [2.45, 2.75) is 0 Å². The lowest BCUT2D eigenvalue weighted by atomic mass is 10.3. The summed E-state index contributed by atoms with van der Waals surface area (Å²) in [5.41, 5.74) is 0.847. The van der Waals surface area contributed by atoms with Gasteiger partial charge in [0.05, 0.1) is 7.11 Å². The van der Waals surface area contributed by atoms with Crippen LogP contribution in [-0.4, -0.2) is 27.8 Å². The molecule has 0 aliphatic rings. The second-order valence-corrected chi connectivity index (χ2v) is 4.59. The van der Waals surface area contributed by atoms with Gasteiger partial charge in [-0.15, -0.1) is 11.3 Å². The van der Waals surface area contributed by atoms with E-state index < -0.39 is 0 Å². The molecule has 0 atom stereocenters. The Kier molecular flexibility index (Phi) is 1.81. The number of hydrogen-bond acceptors (Lipinski definition) is 4. The molecular weight excluding hydrogens is 226 g/mol. The molecule has 5 nitrogen and oxygen atoms in total. The summed E-state index contributed by atoms with van der Waals surface area (Å²) in [6.07, 6.45) is 1.93. The fourth-order valence-electron chi connectivity index (χ4n) is 1.77. The van der Waals surface area contributed by atoms with Gasteiger partial charge in [-0.1, -0.05) is 0 Å². The van der Waals surface area contributed by atoms with Gasteiger partial charge in [0.2, 0.25) is 0 Å². The molecule has 0 aliphatic heterocycles. The van der Waals surface area contributed by atoms with Gasteiger partial charge in [-0.05, 0) is 6.07 Å². The SMILES string of the molecule is COC(=O)c1cc2c([nH]c3nn(C)cc32)s1. The quantitative estimate of drug-likeness (QED) is 0.655. The number of aryl methyl sites for hydroxylation is 1. The number of methoxy groups -OCH3 is 1. The number of rotatable bonds is 1. The van der Waals surface area contributed by atoms with Crippen molar-refractivity contribution in [3.63, 3.8) is 0 Å². The number of fused-ring (bicyclic) bond motifs is 3. The Morgan fingerprint density at radius 2 is 2.38 bits per heavy atom. The maximum atomic E-state index is 11.4. The van der Waals surface area contributed by atoms with Crippen molar-refractivity contribution in [3.05, 3.63) is 17.1 Å². The van der Waals surface area contributed by atoms with Crippen LogP contribution in [0.4, 0.5) is 0 Å². The van der Waals surface area contributed by atoms with E-state index in [0.29, 0.717) is 4.88 Å². The number of hydrogen-bond donors (Lipinski definition) is 1. The van der Waals surface area contributed by atoms with E-state index in [0.717, 1.165) is 21.3 Å². The summed E-state index contributed by atoms with van der Waals surface area (Å²) in [6.45, 7) is 0. The summed E-state index contributed by atoms with van der Waals surface area (Å²) in [5, 5.41) is 6.32. The van der Waals surface area contributed by atoms with E-state index in [1.165, 1.54) is 18.4 Å². The summed E-state index contributed by atoms with van der Waals surface area (Å²) in [4.78, 5) is 16.1. The molecule has 0 spiro atoms. The van der Waals surface area contributed by atoms with E-state index >= 15 is 0 Å². The van der Waals surface area contributed by atoms with Crippen molar-refractivity contribution < 1.29 is 9.53 Å². The third kappa shape index (κ3) is 1.16. The van der Waals surface area contributed by atoms with E-state index in [4.69, 9.17) is 0 Å². The van der Waals surface area contributed by atoms with Gasteiger partial charge in [0.25, 0.3) is 0 Å². The molecule has 3 rings (SSSR count). The van der Waals surface area contributed by atoms with Crippen LogP contribution in [0.5, 0.6) is 0 Å². The molecule has 0 bridgehead atoms. The molecule has 0 saturated carbocycles. The van der Waals surface area contributed by atoms with E-state index in [1.807, 2.05) is 19.3 Å². The highest BCUT2D eigenvalue weighted by Gasteiger charge is 2.15. The van der Waals surface area contributed by atoms with Gasteiger partial charge in [-0.3, -0.25) is 4.68 Å². The first kappa shape index (κ1) is 9.41. The average molecular weight is 235 g/mol. The highest BCUT2D eigenvalue weighted by Crippen LogP contribution is 2.31. The lowest BCUT2D eigenvalue weighted by Crippen LogP contribution is -1.96. The van der Waals surface area contributed by atoms with Crippen LogP contribution in [0.2, 0.25) is 0 Å². The van der Waals surface area contributed by atoms with E-state index in [-0.39, 0.29) is 5.97 Å². The average Bonchev–Trinajstić information content (AvgIpc) is 2.86. The van der Waals surface area contributed by atoms with Crippen molar-refractivity contribution in [2.24, 2.45) is 7.05 Å². The smallest absolute Gasteiger partial charge is 0.348 e. The Morgan fingerprint density at radius 1 is 1.56 bits per heavy atom. The minimum Gasteiger partial charge on any atom is -0.465 e. The standard InChI is InChI=1S/C10H9N3O2S/c1-13-4-6-5-3-7(10(14)15-2)16-9(5)11-8(6)12-13/h3-4H,1-2H3,(H,11,12). The van der Waals surface area contributed by atoms with Gasteiger partial charge >= 0.3 is 5.97 Å². The molecule has 0 aliphatic carbocycles. The van der Waals surface area contributed by atoms with Crippen LogP contribution in [0, 0.1) is 0 Å². The lowest BCUT2D eigenvalue weighted by molar-refractivity contribution is 0.0606. The van der Waals surface area contributed by atoms with Gasteiger partial charge in [0, 0.05) is 24.0 Å². The fraction of sp³-hybridized carbons (Fsp3) is 0.200. The Labute approximate surface area is 94.6 Å². The number of ether oxygens (including phenoxy) is 1. The van der Waals surface area contributed by atoms with Crippen LogP contribution < -0.4 is 0 Å². The highest BCUT2D eigenvalue weighted by molar-refractivity contribution is 7.20. The maximum absolute atomic E-state index is 11.4. The number of aromatic amines is 1. The Hall–Kier alpha value is -1.82. The minimum absolute atomic E-state index is 0.299. The zero-order valence-electron chi connectivity index (χ0n) is 8.77. The predicted octanol–water partition coefficient (Wildman–Crippen LogP) is 1.90. The number of H-pyrrole nitrogens is 1. The number of thiophene rings is 1. The molecule has 3 aromatic heterocycles. The number of carbonyl (C=O) groups is 1. The number of nitrogens with zero attached hydrogens (tertiary/aromatic N) is 2. The molecule has 16 heavy (non-hydrogen) atoms. The summed E-state index contributed by atoms with van der Waals surface area (Å²) < 4.78 is 6.44. The van der Waals surface area contributed by atoms with Gasteiger partial charge in [-0.2, -0.15) is 5.10 Å². The van der Waals surface area contributed by atoms with Gasteiger partial charge in [0.15, 0.2) is 5.65 Å². The van der Waals surface area contributed by atoms with Crippen molar-refractivity contribution in [1.29, 1.82) is 0 Å². The predicted molar refractivity (Wildman–Crippen MR) is 61.8 cm³/mol. The van der Waals surface area contributed by atoms with Crippen molar-refractivity contribution in [1.82, 2.24) is 14.8 Å². The monoisotopic (exact) mass is 235 g/mol. The first-order valence-electron chi connectivity index (χ1n) is 4.72. The summed E-state index contributed by atoms with van der Waals surface area (Å²) in [5.74, 6) is -0.299. The summed E-state index contributed by atoms with van der Waals surface area (Å²) in [7, 11) is 3.25. The fourth-order valence-corrected chi connectivity index (χ4v) is 2.76. The first-order chi connectivity index (χ1) is 7.69. The zero-order chi connectivity index (χ0) is 11.3. The number of esters is 1. The third-order valence-corrected chi connectivity index (χ3v) is 3.50. The topological polar surface area (TPSA) is 59.9 Å². The van der Waals surface area contributed by atoms with Crippen molar-refractivity contribution in [2.75, 3.05) is 7.11 Å². The molecule has 0 aromatic carbocycles. The second-order valence-electron chi connectivity index (χ2n) is 3.54. The number of nitrogens with one attached hydrogen (secondary N) is 1. The molecule has 3 heterocycles. The Balaban J connectivity index is 2.28. The number of aromatic nitrogens is 3. The summed E-state index contributed by atoms with van der Waals surface area (Å²) >= 11 is 1.39. The Morgan fingerprint density at radius 3 is 3.12 bits per heavy atom. The van der Waals surface area contributed by atoms with E-state index in [2.05, 4.69) is 14.8 Å². The van der Waals surface area contributed by atoms with Crippen molar-refractivity contribution in [3.8, 4) is 0 Å². The number of carbonyl (C=O) groups excluding carboxylic acids is 1. The minimum atomic E-state index is -0.299. The maximum Gasteiger partial charge on any atom is 0.348 e. The van der Waals surface area contributed by atoms with Crippen LogP contribution in [0.1, 0.15) is 9.67 Å². The van der Waals surface area contributed by atoms with Crippen LogP contribution in [0.15, 0.2) is 12.3 Å². The Bertz CT molecular complexity index is 691. The molecule has 82 valence electrons. The van der Waals surface area contributed by atoms with Crippen LogP contribution in [-0.2, 0) is 11.8 Å². The van der Waals surface area contributed by atoms with Gasteiger partial charge in [-0.25, -0.2) is 4.79 Å². The third-order valence-electron chi connectivity index (χ3n) is 2.47. The second kappa shape index (κ2) is 3.08. The normalized spacial score (nSPS) is 11.4.